The topological polar surface area (TPSA) is 57.0 Å². The molecule has 0 radical (unpaired) electrons. The monoisotopic (exact) mass is 273 g/mol. The fourth-order valence-electron chi connectivity index (χ4n) is 2.18. The molecule has 0 aliphatic rings. The highest BCUT2D eigenvalue weighted by Crippen LogP contribution is 2.27. The molecule has 5 nitrogen and oxygen atoms in total. The molecule has 0 N–H and O–H groups in total. The highest BCUT2D eigenvalue weighted by atomic mass is 16.5. The lowest BCUT2D eigenvalue weighted by molar-refractivity contribution is -0.144. The smallest absolute Gasteiger partial charge is 0.321 e. The van der Waals surface area contributed by atoms with Gasteiger partial charge >= 0.3 is 5.97 Å². The van der Waals surface area contributed by atoms with Gasteiger partial charge in [0.25, 0.3) is 0 Å². The number of rotatable bonds is 4. The molecule has 2 rings (SSSR count). The van der Waals surface area contributed by atoms with E-state index in [1.807, 2.05) is 49.7 Å². The van der Waals surface area contributed by atoms with E-state index in [0.29, 0.717) is 12.4 Å². The van der Waals surface area contributed by atoms with Crippen molar-refractivity contribution in [2.45, 2.75) is 26.7 Å². The van der Waals surface area contributed by atoms with Gasteiger partial charge in [0, 0.05) is 7.05 Å². The summed E-state index contributed by atoms with van der Waals surface area (Å²) in [5.74, 6) is 0.540. The van der Waals surface area contributed by atoms with Crippen molar-refractivity contribution in [3.63, 3.8) is 0 Å². The van der Waals surface area contributed by atoms with E-state index in [1.165, 1.54) is 0 Å². The second kappa shape index (κ2) is 5.86. The first kappa shape index (κ1) is 14.2. The molecule has 5 heteroatoms. The van der Waals surface area contributed by atoms with E-state index in [1.54, 1.807) is 6.92 Å². The van der Waals surface area contributed by atoms with Gasteiger partial charge in [-0.2, -0.15) is 0 Å². The van der Waals surface area contributed by atoms with Crippen molar-refractivity contribution in [1.82, 2.24) is 14.8 Å². The fourth-order valence-corrected chi connectivity index (χ4v) is 2.18. The van der Waals surface area contributed by atoms with Crippen LogP contribution in [0.5, 0.6) is 0 Å². The quantitative estimate of drug-likeness (QED) is 0.801. The minimum absolute atomic E-state index is 0.294. The Hall–Kier alpha value is -2.17. The third-order valence-corrected chi connectivity index (χ3v) is 3.41. The van der Waals surface area contributed by atoms with Crippen LogP contribution in [-0.4, -0.2) is 27.3 Å². The van der Waals surface area contributed by atoms with Gasteiger partial charge in [0.15, 0.2) is 5.82 Å². The van der Waals surface area contributed by atoms with E-state index in [4.69, 9.17) is 4.74 Å². The molecule has 1 unspecified atom stereocenters. The molecule has 2 aromatic rings. The van der Waals surface area contributed by atoms with Crippen LogP contribution >= 0.6 is 0 Å². The first-order chi connectivity index (χ1) is 9.56. The Morgan fingerprint density at radius 2 is 2.00 bits per heavy atom. The van der Waals surface area contributed by atoms with Gasteiger partial charge in [0.1, 0.15) is 11.7 Å². The van der Waals surface area contributed by atoms with Crippen molar-refractivity contribution in [3.8, 4) is 0 Å². The lowest BCUT2D eigenvalue weighted by atomic mass is 9.94. The minimum atomic E-state index is -0.539. The second-order valence-electron chi connectivity index (χ2n) is 4.71. The SMILES string of the molecule is CCOC(=O)C(c1ccccc1C)c1nnc(C)n1C. The molecular formula is C15H19N3O2. The summed E-state index contributed by atoms with van der Waals surface area (Å²) >= 11 is 0. The van der Waals surface area contributed by atoms with Crippen molar-refractivity contribution in [2.75, 3.05) is 6.61 Å². The largest absolute Gasteiger partial charge is 0.465 e. The van der Waals surface area contributed by atoms with E-state index >= 15 is 0 Å². The lowest BCUT2D eigenvalue weighted by Gasteiger charge is -2.17. The Balaban J connectivity index is 2.54. The molecule has 1 aromatic heterocycles. The predicted molar refractivity (Wildman–Crippen MR) is 75.4 cm³/mol. The summed E-state index contributed by atoms with van der Waals surface area (Å²) in [4.78, 5) is 12.4. The van der Waals surface area contributed by atoms with Crippen LogP contribution in [0, 0.1) is 13.8 Å². The number of benzene rings is 1. The first-order valence-electron chi connectivity index (χ1n) is 6.64. The van der Waals surface area contributed by atoms with Gasteiger partial charge in [-0.25, -0.2) is 0 Å². The van der Waals surface area contributed by atoms with Crippen molar-refractivity contribution in [2.24, 2.45) is 7.05 Å². The minimum Gasteiger partial charge on any atom is -0.465 e. The summed E-state index contributed by atoms with van der Waals surface area (Å²) in [7, 11) is 1.86. The molecular weight excluding hydrogens is 254 g/mol. The third-order valence-electron chi connectivity index (χ3n) is 3.41. The number of ether oxygens (including phenoxy) is 1. The number of hydrogen-bond donors (Lipinski definition) is 0. The van der Waals surface area contributed by atoms with Crippen molar-refractivity contribution < 1.29 is 9.53 Å². The average Bonchev–Trinajstić information content (AvgIpc) is 2.74. The average molecular weight is 273 g/mol. The summed E-state index contributed by atoms with van der Waals surface area (Å²) < 4.78 is 7.04. The predicted octanol–water partition coefficient (Wildman–Crippen LogP) is 2.13. The maximum Gasteiger partial charge on any atom is 0.321 e. The molecule has 0 bridgehead atoms. The van der Waals surface area contributed by atoms with Crippen molar-refractivity contribution in [1.29, 1.82) is 0 Å². The molecule has 20 heavy (non-hydrogen) atoms. The van der Waals surface area contributed by atoms with Gasteiger partial charge in [-0.1, -0.05) is 24.3 Å². The van der Waals surface area contributed by atoms with Crippen LogP contribution in [0.3, 0.4) is 0 Å². The summed E-state index contributed by atoms with van der Waals surface area (Å²) in [6.45, 7) is 5.98. The van der Waals surface area contributed by atoms with Crippen molar-refractivity contribution >= 4 is 5.97 Å². The van der Waals surface area contributed by atoms with Crippen LogP contribution in [0.2, 0.25) is 0 Å². The Bertz CT molecular complexity index is 619. The fraction of sp³-hybridized carbons (Fsp3) is 0.400. The van der Waals surface area contributed by atoms with Crippen LogP contribution in [0.25, 0.3) is 0 Å². The summed E-state index contributed by atoms with van der Waals surface area (Å²) in [6, 6.07) is 7.77. The number of hydrogen-bond acceptors (Lipinski definition) is 4. The number of esters is 1. The standard InChI is InChI=1S/C15H19N3O2/c1-5-20-15(19)13(12-9-7-6-8-10(12)2)14-17-16-11(3)18(14)4/h6-9,13H,5H2,1-4H3. The van der Waals surface area contributed by atoms with E-state index in [9.17, 15) is 4.79 Å². The zero-order chi connectivity index (χ0) is 14.7. The maximum absolute atomic E-state index is 12.4. The molecule has 0 saturated heterocycles. The van der Waals surface area contributed by atoms with Crippen LogP contribution in [0.15, 0.2) is 24.3 Å². The van der Waals surface area contributed by atoms with Crippen LogP contribution < -0.4 is 0 Å². The molecule has 1 aromatic carbocycles. The Morgan fingerprint density at radius 3 is 2.55 bits per heavy atom. The Morgan fingerprint density at radius 1 is 1.30 bits per heavy atom. The maximum atomic E-state index is 12.4. The van der Waals surface area contributed by atoms with Crippen LogP contribution in [-0.2, 0) is 16.6 Å². The number of aryl methyl sites for hydroxylation is 2. The van der Waals surface area contributed by atoms with E-state index in [2.05, 4.69) is 10.2 Å². The molecule has 0 aliphatic heterocycles. The number of nitrogens with zero attached hydrogens (tertiary/aromatic N) is 3. The molecule has 1 heterocycles. The van der Waals surface area contributed by atoms with Gasteiger partial charge in [0.2, 0.25) is 0 Å². The number of carbonyl (C=O) groups excluding carboxylic acids is 1. The number of carbonyl (C=O) groups is 1. The van der Waals surface area contributed by atoms with Gasteiger partial charge in [-0.05, 0) is 31.9 Å². The summed E-state index contributed by atoms with van der Waals surface area (Å²) in [5, 5.41) is 8.19. The Kier molecular flexibility index (Phi) is 4.17. The zero-order valence-corrected chi connectivity index (χ0v) is 12.3. The van der Waals surface area contributed by atoms with Gasteiger partial charge < -0.3 is 9.30 Å². The normalized spacial score (nSPS) is 12.2. The molecule has 0 saturated carbocycles. The van der Waals surface area contributed by atoms with E-state index < -0.39 is 5.92 Å². The molecule has 1 atom stereocenters. The van der Waals surface area contributed by atoms with Gasteiger partial charge in [0.05, 0.1) is 6.61 Å². The number of aromatic nitrogens is 3. The van der Waals surface area contributed by atoms with E-state index in [0.717, 1.165) is 17.0 Å². The Labute approximate surface area is 118 Å². The highest BCUT2D eigenvalue weighted by Gasteiger charge is 2.30. The van der Waals surface area contributed by atoms with Crippen LogP contribution in [0.4, 0.5) is 0 Å². The molecule has 0 spiro atoms. The summed E-state index contributed by atoms with van der Waals surface area (Å²) in [5.41, 5.74) is 1.94. The first-order valence-corrected chi connectivity index (χ1v) is 6.64. The van der Waals surface area contributed by atoms with E-state index in [-0.39, 0.29) is 5.97 Å². The second-order valence-corrected chi connectivity index (χ2v) is 4.71. The van der Waals surface area contributed by atoms with Crippen LogP contribution in [0.1, 0.15) is 35.6 Å². The lowest BCUT2D eigenvalue weighted by Crippen LogP contribution is -2.21. The van der Waals surface area contributed by atoms with Gasteiger partial charge in [-0.15, -0.1) is 10.2 Å². The molecule has 106 valence electrons. The zero-order valence-electron chi connectivity index (χ0n) is 12.3. The molecule has 0 fully saturated rings. The summed E-state index contributed by atoms with van der Waals surface area (Å²) in [6.07, 6.45) is 0. The highest BCUT2D eigenvalue weighted by molar-refractivity contribution is 5.81. The van der Waals surface area contributed by atoms with Crippen molar-refractivity contribution in [3.05, 3.63) is 47.0 Å². The third kappa shape index (κ3) is 2.57. The molecule has 0 amide bonds. The molecule has 0 aliphatic carbocycles. The van der Waals surface area contributed by atoms with Gasteiger partial charge in [-0.3, -0.25) is 4.79 Å².